The highest BCUT2D eigenvalue weighted by Crippen LogP contribution is 2.29. The van der Waals surface area contributed by atoms with Gasteiger partial charge in [0.25, 0.3) is 0 Å². The van der Waals surface area contributed by atoms with E-state index in [0.29, 0.717) is 24.0 Å². The van der Waals surface area contributed by atoms with E-state index in [9.17, 15) is 0 Å². The van der Waals surface area contributed by atoms with Crippen LogP contribution < -0.4 is 20.1 Å². The van der Waals surface area contributed by atoms with Gasteiger partial charge in [0, 0.05) is 36.9 Å². The van der Waals surface area contributed by atoms with Crippen LogP contribution in [-0.2, 0) is 6.54 Å². The fourth-order valence-electron chi connectivity index (χ4n) is 2.72. The molecular weight excluding hydrogens is 328 g/mol. The van der Waals surface area contributed by atoms with Gasteiger partial charge >= 0.3 is 0 Å². The molecule has 3 rings (SSSR count). The van der Waals surface area contributed by atoms with E-state index in [1.807, 2.05) is 48.7 Å². The Balaban J connectivity index is 1.72. The zero-order valence-corrected chi connectivity index (χ0v) is 15.1. The molecule has 1 heterocycles. The van der Waals surface area contributed by atoms with Gasteiger partial charge in [-0.1, -0.05) is 18.2 Å². The highest BCUT2D eigenvalue weighted by atomic mass is 16.5. The van der Waals surface area contributed by atoms with Crippen LogP contribution in [0.15, 0.2) is 59.7 Å². The molecule has 0 aliphatic carbocycles. The number of hydrogen-bond donors (Lipinski definition) is 2. The van der Waals surface area contributed by atoms with Gasteiger partial charge in [-0.2, -0.15) is 0 Å². The van der Waals surface area contributed by atoms with Crippen LogP contribution in [0.5, 0.6) is 11.5 Å². The number of guanidine groups is 1. The second-order valence-electron chi connectivity index (χ2n) is 5.61. The van der Waals surface area contributed by atoms with Crippen molar-refractivity contribution in [3.8, 4) is 11.5 Å². The van der Waals surface area contributed by atoms with Crippen molar-refractivity contribution in [1.82, 2.24) is 10.3 Å². The first-order valence-corrected chi connectivity index (χ1v) is 8.27. The van der Waals surface area contributed by atoms with Crippen LogP contribution in [-0.4, -0.2) is 32.2 Å². The van der Waals surface area contributed by atoms with E-state index in [1.54, 1.807) is 21.3 Å². The van der Waals surface area contributed by atoms with Crippen molar-refractivity contribution in [3.05, 3.63) is 60.3 Å². The van der Waals surface area contributed by atoms with Gasteiger partial charge in [-0.05, 0) is 29.8 Å². The molecule has 0 saturated carbocycles. The number of ether oxygens (including phenoxy) is 2. The molecule has 0 radical (unpaired) electrons. The smallest absolute Gasteiger partial charge is 0.195 e. The lowest BCUT2D eigenvalue weighted by Gasteiger charge is -2.14. The van der Waals surface area contributed by atoms with Crippen molar-refractivity contribution in [2.24, 2.45) is 4.99 Å². The molecule has 0 amide bonds. The van der Waals surface area contributed by atoms with Gasteiger partial charge in [0.2, 0.25) is 0 Å². The highest BCUT2D eigenvalue weighted by Gasteiger charge is 2.07. The van der Waals surface area contributed by atoms with Crippen molar-refractivity contribution in [3.63, 3.8) is 0 Å². The molecule has 0 bridgehead atoms. The Hall–Kier alpha value is -3.28. The van der Waals surface area contributed by atoms with Crippen molar-refractivity contribution in [1.29, 1.82) is 0 Å². The van der Waals surface area contributed by atoms with Crippen molar-refractivity contribution in [2.75, 3.05) is 26.6 Å². The van der Waals surface area contributed by atoms with Gasteiger partial charge < -0.3 is 20.1 Å². The molecule has 0 unspecified atom stereocenters. The number of fused-ring (bicyclic) bond motifs is 1. The molecule has 2 aromatic carbocycles. The number of hydrogen-bond acceptors (Lipinski definition) is 4. The Morgan fingerprint density at radius 1 is 1.04 bits per heavy atom. The fraction of sp³-hybridized carbons (Fsp3) is 0.200. The quantitative estimate of drug-likeness (QED) is 0.545. The molecule has 1 aromatic heterocycles. The van der Waals surface area contributed by atoms with Crippen LogP contribution in [0, 0.1) is 0 Å². The maximum atomic E-state index is 5.34. The summed E-state index contributed by atoms with van der Waals surface area (Å²) in [5.74, 6) is 2.01. The summed E-state index contributed by atoms with van der Waals surface area (Å²) in [6.45, 7) is 0.635. The number of nitrogens with one attached hydrogen (secondary N) is 2. The molecule has 134 valence electrons. The number of nitrogens with zero attached hydrogens (tertiary/aromatic N) is 2. The first kappa shape index (κ1) is 17.5. The second-order valence-corrected chi connectivity index (χ2v) is 5.61. The number of para-hydroxylation sites is 1. The normalized spacial score (nSPS) is 11.3. The summed E-state index contributed by atoms with van der Waals surface area (Å²) in [5.41, 5.74) is 3.00. The molecule has 2 N–H and O–H groups in total. The Labute approximate surface area is 152 Å². The van der Waals surface area contributed by atoms with Gasteiger partial charge in [0.05, 0.1) is 19.7 Å². The largest absolute Gasteiger partial charge is 0.493 e. The van der Waals surface area contributed by atoms with E-state index in [4.69, 9.17) is 9.47 Å². The maximum absolute atomic E-state index is 5.34. The number of benzene rings is 2. The third-order valence-corrected chi connectivity index (χ3v) is 4.06. The van der Waals surface area contributed by atoms with E-state index < -0.39 is 0 Å². The van der Waals surface area contributed by atoms with Gasteiger partial charge in [0.15, 0.2) is 17.5 Å². The van der Waals surface area contributed by atoms with Crippen LogP contribution in [0.25, 0.3) is 10.9 Å². The fourth-order valence-corrected chi connectivity index (χ4v) is 2.72. The predicted octanol–water partition coefficient (Wildman–Crippen LogP) is 3.44. The van der Waals surface area contributed by atoms with Crippen LogP contribution in [0.4, 0.5) is 5.69 Å². The summed E-state index contributed by atoms with van der Waals surface area (Å²) in [6, 6.07) is 15.7. The van der Waals surface area contributed by atoms with E-state index in [0.717, 1.165) is 22.2 Å². The summed E-state index contributed by atoms with van der Waals surface area (Å²) in [5, 5.41) is 7.72. The number of methoxy groups -OCH3 is 2. The lowest BCUT2D eigenvalue weighted by molar-refractivity contribution is 0.355. The second kappa shape index (κ2) is 8.20. The average Bonchev–Trinajstić information content (AvgIpc) is 2.70. The zero-order valence-electron chi connectivity index (χ0n) is 15.1. The topological polar surface area (TPSA) is 67.8 Å². The zero-order chi connectivity index (χ0) is 18.4. The van der Waals surface area contributed by atoms with Crippen LogP contribution in [0.1, 0.15) is 5.56 Å². The van der Waals surface area contributed by atoms with Crippen LogP contribution in [0.2, 0.25) is 0 Å². The lowest BCUT2D eigenvalue weighted by Crippen LogP contribution is -2.30. The van der Waals surface area contributed by atoms with Crippen molar-refractivity contribution >= 4 is 22.5 Å². The van der Waals surface area contributed by atoms with E-state index in [2.05, 4.69) is 26.7 Å². The first-order chi connectivity index (χ1) is 12.7. The van der Waals surface area contributed by atoms with E-state index >= 15 is 0 Å². The molecule has 0 saturated heterocycles. The van der Waals surface area contributed by atoms with Crippen LogP contribution >= 0.6 is 0 Å². The van der Waals surface area contributed by atoms with Crippen molar-refractivity contribution in [2.45, 2.75) is 6.54 Å². The summed E-state index contributed by atoms with van der Waals surface area (Å²) in [6.07, 6.45) is 1.82. The Kier molecular flexibility index (Phi) is 5.53. The minimum absolute atomic E-state index is 0.635. The third-order valence-electron chi connectivity index (χ3n) is 4.06. The van der Waals surface area contributed by atoms with Crippen molar-refractivity contribution < 1.29 is 9.47 Å². The van der Waals surface area contributed by atoms with Gasteiger partial charge in [-0.3, -0.25) is 9.98 Å². The Bertz CT molecular complexity index is 919. The number of aromatic nitrogens is 1. The molecule has 0 aliphatic rings. The standard InChI is InChI=1S/C20H22N4O2/c1-21-20(24-15-8-9-18(25-2)19(12-15)26-3)23-13-14-10-11-22-17-7-5-4-6-16(14)17/h4-12H,13H2,1-3H3,(H2,21,23,24). The predicted molar refractivity (Wildman–Crippen MR) is 105 cm³/mol. The molecule has 0 spiro atoms. The molecule has 6 nitrogen and oxygen atoms in total. The summed E-state index contributed by atoms with van der Waals surface area (Å²) < 4.78 is 10.6. The third kappa shape index (κ3) is 3.85. The van der Waals surface area contributed by atoms with E-state index in [1.165, 1.54) is 0 Å². The Morgan fingerprint density at radius 2 is 1.85 bits per heavy atom. The Morgan fingerprint density at radius 3 is 2.62 bits per heavy atom. The summed E-state index contributed by atoms with van der Waals surface area (Å²) in [4.78, 5) is 8.68. The first-order valence-electron chi connectivity index (χ1n) is 8.27. The summed E-state index contributed by atoms with van der Waals surface area (Å²) >= 11 is 0. The number of rotatable bonds is 5. The molecule has 26 heavy (non-hydrogen) atoms. The maximum Gasteiger partial charge on any atom is 0.195 e. The number of anilines is 1. The summed E-state index contributed by atoms with van der Waals surface area (Å²) in [7, 11) is 4.97. The number of aliphatic imine (C=N–C) groups is 1. The SMILES string of the molecule is CN=C(NCc1ccnc2ccccc12)Nc1ccc(OC)c(OC)c1. The minimum atomic E-state index is 0.635. The van der Waals surface area contributed by atoms with Gasteiger partial charge in [-0.15, -0.1) is 0 Å². The molecule has 0 aliphatic heterocycles. The minimum Gasteiger partial charge on any atom is -0.493 e. The highest BCUT2D eigenvalue weighted by molar-refractivity contribution is 5.94. The van der Waals surface area contributed by atoms with Crippen LogP contribution in [0.3, 0.4) is 0 Å². The van der Waals surface area contributed by atoms with Gasteiger partial charge in [0.1, 0.15) is 0 Å². The van der Waals surface area contributed by atoms with Gasteiger partial charge in [-0.25, -0.2) is 0 Å². The number of pyridine rings is 1. The molecule has 3 aromatic rings. The monoisotopic (exact) mass is 350 g/mol. The molecule has 0 atom stereocenters. The van der Waals surface area contributed by atoms with E-state index in [-0.39, 0.29) is 0 Å². The molecule has 0 fully saturated rings. The molecule has 6 heteroatoms. The molecular formula is C20H22N4O2. The lowest BCUT2D eigenvalue weighted by atomic mass is 10.1. The average molecular weight is 350 g/mol.